The molecule has 1 heteroatoms. The van der Waals surface area contributed by atoms with Gasteiger partial charge in [0.15, 0.2) is 0 Å². The van der Waals surface area contributed by atoms with Crippen molar-refractivity contribution in [1.82, 2.24) is 0 Å². The van der Waals surface area contributed by atoms with Gasteiger partial charge >= 0.3 is 0 Å². The van der Waals surface area contributed by atoms with Gasteiger partial charge < -0.3 is 5.41 Å². The van der Waals surface area contributed by atoms with Crippen molar-refractivity contribution in [1.29, 1.82) is 5.41 Å². The second kappa shape index (κ2) is 5.07. The van der Waals surface area contributed by atoms with E-state index in [0.717, 1.165) is 29.4 Å². The molecule has 0 aliphatic heterocycles. The van der Waals surface area contributed by atoms with Crippen molar-refractivity contribution >= 4 is 5.71 Å². The lowest BCUT2D eigenvalue weighted by Gasteiger charge is -2.58. The number of hydrogen-bond donors (Lipinski definition) is 1. The van der Waals surface area contributed by atoms with Crippen molar-refractivity contribution in [2.24, 2.45) is 34.5 Å². The predicted octanol–water partition coefficient (Wildman–Crippen LogP) is 6.16. The van der Waals surface area contributed by atoms with Crippen LogP contribution in [-0.4, -0.2) is 5.71 Å². The molecular formula is C22H33N. The van der Waals surface area contributed by atoms with E-state index in [9.17, 15) is 0 Å². The lowest BCUT2D eigenvalue weighted by molar-refractivity contribution is -0.0186. The zero-order valence-corrected chi connectivity index (χ0v) is 15.4. The minimum Gasteiger partial charge on any atom is -0.305 e. The lowest BCUT2D eigenvalue weighted by atomic mass is 9.47. The molecule has 6 unspecified atom stereocenters. The molecule has 1 N–H and O–H groups in total. The van der Waals surface area contributed by atoms with Gasteiger partial charge in [0.1, 0.15) is 0 Å². The summed E-state index contributed by atoms with van der Waals surface area (Å²) in [6.07, 6.45) is 14.5. The molecule has 0 bridgehead atoms. The summed E-state index contributed by atoms with van der Waals surface area (Å²) >= 11 is 0. The van der Waals surface area contributed by atoms with E-state index in [1.165, 1.54) is 50.5 Å². The Labute approximate surface area is 142 Å². The second-order valence-electron chi connectivity index (χ2n) is 9.54. The van der Waals surface area contributed by atoms with E-state index in [4.69, 9.17) is 5.41 Å². The summed E-state index contributed by atoms with van der Waals surface area (Å²) < 4.78 is 0. The van der Waals surface area contributed by atoms with Crippen LogP contribution in [0.3, 0.4) is 0 Å². The Morgan fingerprint density at radius 1 is 1.04 bits per heavy atom. The van der Waals surface area contributed by atoms with Gasteiger partial charge in [0.05, 0.1) is 0 Å². The molecule has 126 valence electrons. The van der Waals surface area contributed by atoms with Gasteiger partial charge in [-0.3, -0.25) is 0 Å². The largest absolute Gasteiger partial charge is 0.305 e. The minimum absolute atomic E-state index is 0.288. The molecule has 0 heterocycles. The highest BCUT2D eigenvalue weighted by atomic mass is 14.6. The standard InChI is InChI=1S/C22H33N/c1-14-9-11-21(3)16(13-14)5-6-17-19-8-7-18(15(2)23)22(19,4)12-10-20(17)21/h5,7,14,17,19-20,23H,6,8-13H2,1-4H3. The minimum atomic E-state index is 0.288. The van der Waals surface area contributed by atoms with E-state index in [0.29, 0.717) is 5.41 Å². The predicted molar refractivity (Wildman–Crippen MR) is 97.7 cm³/mol. The number of rotatable bonds is 1. The molecule has 0 radical (unpaired) electrons. The fourth-order valence-electron chi connectivity index (χ4n) is 6.99. The molecule has 4 aliphatic rings. The molecule has 0 aromatic heterocycles. The van der Waals surface area contributed by atoms with Crippen LogP contribution in [0.5, 0.6) is 0 Å². The molecule has 1 nitrogen and oxygen atoms in total. The SMILES string of the molecule is CC(=N)C1=CCC2C3CC=C4CC(C)CCC4(C)C3CCC12C. The van der Waals surface area contributed by atoms with Crippen molar-refractivity contribution in [3.05, 3.63) is 23.3 Å². The van der Waals surface area contributed by atoms with Crippen LogP contribution in [0, 0.1) is 39.9 Å². The zero-order chi connectivity index (χ0) is 16.4. The highest BCUT2D eigenvalue weighted by Gasteiger charge is 2.56. The van der Waals surface area contributed by atoms with Gasteiger partial charge in [0, 0.05) is 5.71 Å². The topological polar surface area (TPSA) is 23.9 Å². The number of allylic oxidation sites excluding steroid dienone is 4. The van der Waals surface area contributed by atoms with Gasteiger partial charge in [0.2, 0.25) is 0 Å². The Morgan fingerprint density at radius 3 is 2.52 bits per heavy atom. The van der Waals surface area contributed by atoms with Crippen LogP contribution >= 0.6 is 0 Å². The van der Waals surface area contributed by atoms with Crippen LogP contribution in [0.25, 0.3) is 0 Å². The van der Waals surface area contributed by atoms with Crippen LogP contribution in [0.2, 0.25) is 0 Å². The quantitative estimate of drug-likeness (QED) is 0.443. The maximum absolute atomic E-state index is 8.20. The molecule has 0 aromatic rings. The Morgan fingerprint density at radius 2 is 1.78 bits per heavy atom. The highest BCUT2D eigenvalue weighted by Crippen LogP contribution is 2.65. The van der Waals surface area contributed by atoms with E-state index in [-0.39, 0.29) is 5.41 Å². The van der Waals surface area contributed by atoms with Crippen LogP contribution < -0.4 is 0 Å². The highest BCUT2D eigenvalue weighted by molar-refractivity contribution is 5.97. The lowest BCUT2D eigenvalue weighted by Crippen LogP contribution is -2.49. The Kier molecular flexibility index (Phi) is 3.45. The molecule has 4 rings (SSSR count). The third-order valence-electron chi connectivity index (χ3n) is 8.34. The van der Waals surface area contributed by atoms with Crippen molar-refractivity contribution in [2.45, 2.75) is 72.6 Å². The number of hydrogen-bond acceptors (Lipinski definition) is 1. The molecule has 23 heavy (non-hydrogen) atoms. The summed E-state index contributed by atoms with van der Waals surface area (Å²) in [5, 5.41) is 8.20. The van der Waals surface area contributed by atoms with Gasteiger partial charge in [-0.05, 0) is 91.9 Å². The summed E-state index contributed by atoms with van der Waals surface area (Å²) in [7, 11) is 0. The first kappa shape index (κ1) is 15.7. The summed E-state index contributed by atoms with van der Waals surface area (Å²) in [5.74, 6) is 3.42. The summed E-state index contributed by atoms with van der Waals surface area (Å²) in [6.45, 7) is 9.49. The van der Waals surface area contributed by atoms with E-state index in [2.05, 4.69) is 32.9 Å². The zero-order valence-electron chi connectivity index (χ0n) is 15.4. The normalized spacial score (nSPS) is 48.7. The van der Waals surface area contributed by atoms with E-state index in [1.807, 2.05) is 6.92 Å². The Balaban J connectivity index is 1.67. The van der Waals surface area contributed by atoms with Crippen molar-refractivity contribution in [3.8, 4) is 0 Å². The molecule has 0 spiro atoms. The average molecular weight is 312 g/mol. The van der Waals surface area contributed by atoms with E-state index >= 15 is 0 Å². The Hall–Kier alpha value is -0.850. The monoisotopic (exact) mass is 311 g/mol. The maximum Gasteiger partial charge on any atom is 0.0317 e. The van der Waals surface area contributed by atoms with Gasteiger partial charge in [-0.1, -0.05) is 38.5 Å². The first-order valence-corrected chi connectivity index (χ1v) is 9.82. The molecule has 0 saturated heterocycles. The summed E-state index contributed by atoms with van der Waals surface area (Å²) in [5.41, 5.74) is 4.77. The van der Waals surface area contributed by atoms with Gasteiger partial charge in [-0.15, -0.1) is 0 Å². The van der Waals surface area contributed by atoms with E-state index in [1.54, 1.807) is 5.57 Å². The fraction of sp³-hybridized carbons (Fsp3) is 0.773. The smallest absolute Gasteiger partial charge is 0.0317 e. The third kappa shape index (κ3) is 2.07. The van der Waals surface area contributed by atoms with Gasteiger partial charge in [0.25, 0.3) is 0 Å². The first-order chi connectivity index (χ1) is 10.9. The first-order valence-electron chi connectivity index (χ1n) is 9.82. The van der Waals surface area contributed by atoms with Crippen LogP contribution in [0.4, 0.5) is 0 Å². The Bertz CT molecular complexity index is 597. The molecular weight excluding hydrogens is 278 g/mol. The second-order valence-corrected chi connectivity index (χ2v) is 9.54. The molecule has 2 fully saturated rings. The molecule has 0 amide bonds. The van der Waals surface area contributed by atoms with Crippen LogP contribution in [-0.2, 0) is 0 Å². The average Bonchev–Trinajstić information content (AvgIpc) is 2.85. The van der Waals surface area contributed by atoms with Crippen molar-refractivity contribution in [2.75, 3.05) is 0 Å². The molecule has 2 saturated carbocycles. The van der Waals surface area contributed by atoms with Crippen LogP contribution in [0.1, 0.15) is 72.6 Å². The third-order valence-corrected chi connectivity index (χ3v) is 8.34. The maximum atomic E-state index is 8.20. The molecule has 0 aromatic carbocycles. The van der Waals surface area contributed by atoms with Crippen molar-refractivity contribution in [3.63, 3.8) is 0 Å². The number of fused-ring (bicyclic) bond motifs is 5. The number of nitrogens with one attached hydrogen (secondary N) is 1. The molecule has 4 aliphatic carbocycles. The van der Waals surface area contributed by atoms with Gasteiger partial charge in [-0.25, -0.2) is 0 Å². The van der Waals surface area contributed by atoms with Crippen LogP contribution in [0.15, 0.2) is 23.3 Å². The summed E-state index contributed by atoms with van der Waals surface area (Å²) in [4.78, 5) is 0. The van der Waals surface area contributed by atoms with E-state index < -0.39 is 0 Å². The summed E-state index contributed by atoms with van der Waals surface area (Å²) in [6, 6.07) is 0. The van der Waals surface area contributed by atoms with Gasteiger partial charge in [-0.2, -0.15) is 0 Å². The van der Waals surface area contributed by atoms with Crippen molar-refractivity contribution < 1.29 is 0 Å². The molecule has 6 atom stereocenters. The fourth-order valence-corrected chi connectivity index (χ4v) is 6.99.